The molecule has 0 aliphatic rings. The minimum atomic E-state index is 0.0380. The fourth-order valence-electron chi connectivity index (χ4n) is 1.35. The van der Waals surface area contributed by atoms with Crippen molar-refractivity contribution in [3.63, 3.8) is 0 Å². The molecule has 7 nitrogen and oxygen atoms in total. The van der Waals surface area contributed by atoms with E-state index in [1.165, 1.54) is 0 Å². The molecular weight excluding hydrogens is 276 g/mol. The predicted octanol–water partition coefficient (Wildman–Crippen LogP) is -0.307. The molecule has 0 saturated heterocycles. The Morgan fingerprint density at radius 1 is 1.00 bits per heavy atom. The number of carbonyl (C=O) groups is 2. The lowest BCUT2D eigenvalue weighted by molar-refractivity contribution is -0.121. The quantitative estimate of drug-likeness (QED) is 0.330. The number of rotatable bonds is 15. The van der Waals surface area contributed by atoms with Gasteiger partial charge in [0.05, 0.1) is 39.6 Å². The first-order valence-corrected chi connectivity index (χ1v) is 7.25. The Morgan fingerprint density at radius 3 is 2.14 bits per heavy atom. The molecule has 0 radical (unpaired) electrons. The summed E-state index contributed by atoms with van der Waals surface area (Å²) in [6, 6.07) is 0. The van der Waals surface area contributed by atoms with E-state index in [1.54, 1.807) is 0 Å². The van der Waals surface area contributed by atoms with Crippen molar-refractivity contribution in [2.24, 2.45) is 0 Å². The van der Waals surface area contributed by atoms with Gasteiger partial charge in [-0.1, -0.05) is 0 Å². The van der Waals surface area contributed by atoms with Crippen LogP contribution in [0.1, 0.15) is 12.8 Å². The van der Waals surface area contributed by atoms with Crippen LogP contribution in [0.15, 0.2) is 0 Å². The summed E-state index contributed by atoms with van der Waals surface area (Å²) in [7, 11) is 3.87. The standard InChI is InChI=1S/C14H28N2O5/c1-16(2)6-4-14(18)15-5-9-20-11-13-21-12-10-19-8-3-7-17/h7H,3-6,8-13H2,1-2H3,(H,15,18). The number of hydrogen-bond donors (Lipinski definition) is 1. The van der Waals surface area contributed by atoms with E-state index >= 15 is 0 Å². The van der Waals surface area contributed by atoms with Gasteiger partial charge in [0.25, 0.3) is 0 Å². The van der Waals surface area contributed by atoms with Gasteiger partial charge in [-0.2, -0.15) is 0 Å². The minimum absolute atomic E-state index is 0.0380. The van der Waals surface area contributed by atoms with Crippen LogP contribution >= 0.6 is 0 Å². The molecule has 21 heavy (non-hydrogen) atoms. The Bertz CT molecular complexity index is 262. The Morgan fingerprint density at radius 2 is 1.57 bits per heavy atom. The first-order valence-electron chi connectivity index (χ1n) is 7.25. The molecule has 0 fully saturated rings. The van der Waals surface area contributed by atoms with E-state index in [2.05, 4.69) is 5.32 Å². The van der Waals surface area contributed by atoms with Crippen LogP contribution < -0.4 is 5.32 Å². The molecular formula is C14H28N2O5. The zero-order chi connectivity index (χ0) is 15.8. The highest BCUT2D eigenvalue weighted by atomic mass is 16.5. The number of carbonyl (C=O) groups excluding carboxylic acids is 2. The second-order valence-electron chi connectivity index (χ2n) is 4.70. The number of amides is 1. The molecule has 0 aliphatic heterocycles. The van der Waals surface area contributed by atoms with E-state index in [-0.39, 0.29) is 5.91 Å². The van der Waals surface area contributed by atoms with Crippen LogP contribution in [0.25, 0.3) is 0 Å². The first-order chi connectivity index (χ1) is 10.2. The van der Waals surface area contributed by atoms with E-state index in [9.17, 15) is 9.59 Å². The van der Waals surface area contributed by atoms with Gasteiger partial charge in [-0.05, 0) is 14.1 Å². The highest BCUT2D eigenvalue weighted by Gasteiger charge is 2.00. The van der Waals surface area contributed by atoms with Crippen molar-refractivity contribution in [1.29, 1.82) is 0 Å². The van der Waals surface area contributed by atoms with Gasteiger partial charge < -0.3 is 29.2 Å². The van der Waals surface area contributed by atoms with Crippen molar-refractivity contribution >= 4 is 12.2 Å². The third-order valence-electron chi connectivity index (χ3n) is 2.48. The summed E-state index contributed by atoms with van der Waals surface area (Å²) in [4.78, 5) is 23.4. The van der Waals surface area contributed by atoms with Gasteiger partial charge in [0.15, 0.2) is 0 Å². The molecule has 0 aromatic rings. The molecule has 0 aromatic carbocycles. The number of nitrogens with zero attached hydrogens (tertiary/aromatic N) is 1. The lowest BCUT2D eigenvalue weighted by Crippen LogP contribution is -2.30. The summed E-state index contributed by atoms with van der Waals surface area (Å²) in [5.74, 6) is 0.0380. The lowest BCUT2D eigenvalue weighted by atomic mass is 10.4. The summed E-state index contributed by atoms with van der Waals surface area (Å²) in [5, 5.41) is 2.79. The second-order valence-corrected chi connectivity index (χ2v) is 4.70. The zero-order valence-electron chi connectivity index (χ0n) is 13.1. The average Bonchev–Trinajstić information content (AvgIpc) is 2.46. The van der Waals surface area contributed by atoms with Crippen LogP contribution in [-0.4, -0.2) is 83.9 Å². The molecule has 7 heteroatoms. The number of nitrogens with one attached hydrogen (secondary N) is 1. The van der Waals surface area contributed by atoms with Gasteiger partial charge in [0.2, 0.25) is 5.91 Å². The zero-order valence-corrected chi connectivity index (χ0v) is 13.1. The van der Waals surface area contributed by atoms with Gasteiger partial charge in [0.1, 0.15) is 6.29 Å². The maximum atomic E-state index is 11.4. The van der Waals surface area contributed by atoms with E-state index in [0.29, 0.717) is 59.0 Å². The van der Waals surface area contributed by atoms with Crippen molar-refractivity contribution in [2.45, 2.75) is 12.8 Å². The fraction of sp³-hybridized carbons (Fsp3) is 0.857. The summed E-state index contributed by atoms with van der Waals surface area (Å²) in [6.45, 7) is 4.13. The summed E-state index contributed by atoms with van der Waals surface area (Å²) in [5.41, 5.74) is 0. The van der Waals surface area contributed by atoms with Gasteiger partial charge in [-0.15, -0.1) is 0 Å². The number of ether oxygens (including phenoxy) is 3. The Balaban J connectivity index is 3.11. The molecule has 0 spiro atoms. The lowest BCUT2D eigenvalue weighted by Gasteiger charge is -2.10. The highest BCUT2D eigenvalue weighted by Crippen LogP contribution is 1.84. The van der Waals surface area contributed by atoms with Gasteiger partial charge in [0, 0.05) is 25.9 Å². The fourth-order valence-corrected chi connectivity index (χ4v) is 1.35. The second kappa shape index (κ2) is 15.4. The molecule has 0 unspecified atom stereocenters. The molecule has 0 aliphatic carbocycles. The Labute approximate surface area is 126 Å². The smallest absolute Gasteiger partial charge is 0.221 e. The minimum Gasteiger partial charge on any atom is -0.379 e. The van der Waals surface area contributed by atoms with Crippen LogP contribution in [-0.2, 0) is 23.8 Å². The van der Waals surface area contributed by atoms with Crippen LogP contribution in [0, 0.1) is 0 Å². The van der Waals surface area contributed by atoms with Crippen LogP contribution in [0.3, 0.4) is 0 Å². The molecule has 0 aromatic heterocycles. The maximum absolute atomic E-state index is 11.4. The predicted molar refractivity (Wildman–Crippen MR) is 79.3 cm³/mol. The summed E-state index contributed by atoms with van der Waals surface area (Å²) >= 11 is 0. The monoisotopic (exact) mass is 304 g/mol. The number of hydrogen-bond acceptors (Lipinski definition) is 6. The SMILES string of the molecule is CN(C)CCC(=O)NCCOCCOCCOCCC=O. The third-order valence-corrected chi connectivity index (χ3v) is 2.48. The molecule has 0 saturated carbocycles. The topological polar surface area (TPSA) is 77.1 Å². The molecule has 0 rings (SSSR count). The van der Waals surface area contributed by atoms with E-state index in [0.717, 1.165) is 12.8 Å². The van der Waals surface area contributed by atoms with Crippen molar-refractivity contribution < 1.29 is 23.8 Å². The van der Waals surface area contributed by atoms with Crippen LogP contribution in [0.2, 0.25) is 0 Å². The van der Waals surface area contributed by atoms with E-state index in [1.807, 2.05) is 19.0 Å². The molecule has 124 valence electrons. The van der Waals surface area contributed by atoms with Crippen molar-refractivity contribution in [1.82, 2.24) is 10.2 Å². The van der Waals surface area contributed by atoms with Crippen molar-refractivity contribution in [3.05, 3.63) is 0 Å². The Hall–Kier alpha value is -1.02. The average molecular weight is 304 g/mol. The Kier molecular flexibility index (Phi) is 14.6. The third kappa shape index (κ3) is 16.9. The maximum Gasteiger partial charge on any atom is 0.221 e. The number of aldehydes is 1. The molecule has 0 heterocycles. The van der Waals surface area contributed by atoms with Crippen molar-refractivity contribution in [2.75, 3.05) is 66.8 Å². The highest BCUT2D eigenvalue weighted by molar-refractivity contribution is 5.75. The van der Waals surface area contributed by atoms with E-state index < -0.39 is 0 Å². The normalized spacial score (nSPS) is 10.8. The van der Waals surface area contributed by atoms with Crippen molar-refractivity contribution in [3.8, 4) is 0 Å². The van der Waals surface area contributed by atoms with Gasteiger partial charge in [-0.25, -0.2) is 0 Å². The van der Waals surface area contributed by atoms with Crippen LogP contribution in [0.4, 0.5) is 0 Å². The first kappa shape index (κ1) is 20.0. The van der Waals surface area contributed by atoms with Gasteiger partial charge >= 0.3 is 0 Å². The summed E-state index contributed by atoms with van der Waals surface area (Å²) in [6.07, 6.45) is 1.75. The van der Waals surface area contributed by atoms with Crippen LogP contribution in [0.5, 0.6) is 0 Å². The molecule has 1 N–H and O–H groups in total. The van der Waals surface area contributed by atoms with Gasteiger partial charge in [-0.3, -0.25) is 4.79 Å². The van der Waals surface area contributed by atoms with E-state index in [4.69, 9.17) is 14.2 Å². The largest absolute Gasteiger partial charge is 0.379 e. The molecule has 0 bridgehead atoms. The summed E-state index contributed by atoms with van der Waals surface area (Å²) < 4.78 is 15.7. The molecule has 1 amide bonds. The molecule has 0 atom stereocenters.